The van der Waals surface area contributed by atoms with Gasteiger partial charge in [-0.2, -0.15) is 0 Å². The van der Waals surface area contributed by atoms with Crippen molar-refractivity contribution in [1.82, 2.24) is 0 Å². The first-order valence-corrected chi connectivity index (χ1v) is 3.75. The molecule has 1 rings (SSSR count). The first kappa shape index (κ1) is 9.44. The molecule has 1 saturated heterocycles. The molecule has 1 aliphatic heterocycles. The summed E-state index contributed by atoms with van der Waals surface area (Å²) in [6, 6.07) is 0. The van der Waals surface area contributed by atoms with Crippen molar-refractivity contribution < 1.29 is 24.9 Å². The Morgan fingerprint density at radius 3 is 2.50 bits per heavy atom. The second kappa shape index (κ2) is 3.38. The van der Waals surface area contributed by atoms with Gasteiger partial charge in [0.05, 0.1) is 0 Å². The van der Waals surface area contributed by atoms with Crippen molar-refractivity contribution in [1.29, 1.82) is 0 Å². The number of hydrogen-bond donors (Lipinski definition) is 3. The number of hydrogen-bond acceptors (Lipinski definition) is 5. The van der Waals surface area contributed by atoms with Crippen molar-refractivity contribution in [2.45, 2.75) is 25.2 Å². The number of aliphatic hydroxyl groups is 3. The van der Waals surface area contributed by atoms with Crippen LogP contribution in [0.5, 0.6) is 0 Å². The van der Waals surface area contributed by atoms with Gasteiger partial charge in [0.1, 0.15) is 12.2 Å². The molecular formula is C7H12O5. The maximum atomic E-state index is 10.7. The van der Waals surface area contributed by atoms with Gasteiger partial charge in [-0.05, 0) is 0 Å². The highest BCUT2D eigenvalue weighted by Gasteiger charge is 2.44. The second-order valence-electron chi connectivity index (χ2n) is 3.00. The van der Waals surface area contributed by atoms with Gasteiger partial charge in [0.15, 0.2) is 6.10 Å². The van der Waals surface area contributed by atoms with Gasteiger partial charge in [-0.1, -0.05) is 6.92 Å². The Morgan fingerprint density at radius 2 is 2.17 bits per heavy atom. The molecule has 4 atom stereocenters. The summed E-state index contributed by atoms with van der Waals surface area (Å²) in [4.78, 5) is 10.7. The highest BCUT2D eigenvalue weighted by Crippen LogP contribution is 2.21. The normalized spacial score (nSPS) is 38.0. The van der Waals surface area contributed by atoms with E-state index in [2.05, 4.69) is 4.74 Å². The van der Waals surface area contributed by atoms with E-state index in [0.717, 1.165) is 0 Å². The molecule has 0 radical (unpaired) electrons. The van der Waals surface area contributed by atoms with Crippen molar-refractivity contribution in [3.63, 3.8) is 0 Å². The lowest BCUT2D eigenvalue weighted by Crippen LogP contribution is -2.35. The molecule has 1 fully saturated rings. The van der Waals surface area contributed by atoms with E-state index in [-0.39, 0.29) is 12.5 Å². The zero-order valence-electron chi connectivity index (χ0n) is 6.67. The number of rotatable bonds is 2. The summed E-state index contributed by atoms with van der Waals surface area (Å²) < 4.78 is 4.64. The molecule has 0 aromatic rings. The molecule has 0 spiro atoms. The van der Waals surface area contributed by atoms with E-state index in [1.807, 2.05) is 0 Å². The van der Waals surface area contributed by atoms with Gasteiger partial charge in [-0.15, -0.1) is 0 Å². The van der Waals surface area contributed by atoms with Gasteiger partial charge < -0.3 is 20.1 Å². The van der Waals surface area contributed by atoms with Gasteiger partial charge >= 0.3 is 5.97 Å². The van der Waals surface area contributed by atoms with Crippen LogP contribution in [0, 0.1) is 5.92 Å². The van der Waals surface area contributed by atoms with Gasteiger partial charge in [0.2, 0.25) is 0 Å². The Morgan fingerprint density at radius 1 is 1.58 bits per heavy atom. The molecule has 5 heteroatoms. The van der Waals surface area contributed by atoms with Crippen LogP contribution in [0.25, 0.3) is 0 Å². The minimum atomic E-state index is -1.47. The topological polar surface area (TPSA) is 87.0 Å². The number of ether oxygens (including phenoxy) is 1. The summed E-state index contributed by atoms with van der Waals surface area (Å²) in [6.07, 6.45) is -3.49. The number of carbonyl (C=O) groups excluding carboxylic acids is 1. The lowest BCUT2D eigenvalue weighted by molar-refractivity contribution is -0.148. The zero-order chi connectivity index (χ0) is 9.30. The molecular weight excluding hydrogens is 164 g/mol. The predicted molar refractivity (Wildman–Crippen MR) is 38.1 cm³/mol. The van der Waals surface area contributed by atoms with Crippen molar-refractivity contribution in [3.8, 4) is 0 Å². The molecule has 1 aliphatic rings. The minimum absolute atomic E-state index is 0.193. The summed E-state index contributed by atoms with van der Waals surface area (Å²) >= 11 is 0. The Kier molecular flexibility index (Phi) is 2.66. The van der Waals surface area contributed by atoms with Crippen LogP contribution < -0.4 is 0 Å². The standard InChI is InChI=1S/C7H12O5/c1-3(2-8)6-4(9)5(10)7(11)12-6/h3-6,8-10H,2H2,1H3/t3-,4+,5-,6+/m1/s1. The maximum absolute atomic E-state index is 10.7. The fraction of sp³-hybridized carbons (Fsp3) is 0.857. The van der Waals surface area contributed by atoms with E-state index in [1.165, 1.54) is 0 Å². The molecule has 0 aliphatic carbocycles. The smallest absolute Gasteiger partial charge is 0.338 e. The summed E-state index contributed by atoms with van der Waals surface area (Å²) in [6.45, 7) is 1.43. The Labute approximate surface area is 69.6 Å². The quantitative estimate of drug-likeness (QED) is 0.435. The van der Waals surface area contributed by atoms with E-state index < -0.39 is 24.3 Å². The monoisotopic (exact) mass is 176 g/mol. The van der Waals surface area contributed by atoms with Crippen LogP contribution >= 0.6 is 0 Å². The van der Waals surface area contributed by atoms with Crippen LogP contribution in [0.4, 0.5) is 0 Å². The largest absolute Gasteiger partial charge is 0.457 e. The van der Waals surface area contributed by atoms with Crippen LogP contribution in [-0.4, -0.2) is 46.2 Å². The van der Waals surface area contributed by atoms with Crippen molar-refractivity contribution in [2.75, 3.05) is 6.61 Å². The van der Waals surface area contributed by atoms with Gasteiger partial charge in [-0.25, -0.2) is 4.79 Å². The number of cyclic esters (lactones) is 1. The third-order valence-electron chi connectivity index (χ3n) is 2.00. The van der Waals surface area contributed by atoms with E-state index >= 15 is 0 Å². The Hall–Kier alpha value is -0.650. The van der Waals surface area contributed by atoms with Crippen molar-refractivity contribution in [3.05, 3.63) is 0 Å². The summed E-state index contributed by atoms with van der Waals surface area (Å²) in [5, 5.41) is 26.9. The third kappa shape index (κ3) is 1.43. The molecule has 0 saturated carbocycles. The fourth-order valence-corrected chi connectivity index (χ4v) is 1.15. The van der Waals surface area contributed by atoms with Crippen molar-refractivity contribution >= 4 is 5.97 Å². The predicted octanol–water partition coefficient (Wildman–Crippen LogP) is -1.74. The first-order chi connectivity index (χ1) is 5.57. The summed E-state index contributed by atoms with van der Waals surface area (Å²) in [5.41, 5.74) is 0. The Balaban J connectivity index is 2.64. The molecule has 3 N–H and O–H groups in total. The van der Waals surface area contributed by atoms with Gasteiger partial charge in [0, 0.05) is 12.5 Å². The van der Waals surface area contributed by atoms with Crippen LogP contribution in [0.2, 0.25) is 0 Å². The average Bonchev–Trinajstić information content (AvgIpc) is 2.32. The van der Waals surface area contributed by atoms with Gasteiger partial charge in [0.25, 0.3) is 0 Å². The average molecular weight is 176 g/mol. The maximum Gasteiger partial charge on any atom is 0.338 e. The second-order valence-corrected chi connectivity index (χ2v) is 3.00. The molecule has 12 heavy (non-hydrogen) atoms. The number of carbonyl (C=O) groups is 1. The van der Waals surface area contributed by atoms with E-state index in [1.54, 1.807) is 6.92 Å². The molecule has 0 unspecified atom stereocenters. The summed E-state index contributed by atoms with van der Waals surface area (Å²) in [5.74, 6) is -1.19. The SMILES string of the molecule is C[C@H](CO)[C@@H]1OC(=O)[C@H](O)[C@@H]1O. The molecule has 0 bridgehead atoms. The van der Waals surface area contributed by atoms with Crippen LogP contribution in [-0.2, 0) is 9.53 Å². The molecule has 1 heterocycles. The summed E-state index contributed by atoms with van der Waals surface area (Å²) in [7, 11) is 0. The molecule has 0 aromatic carbocycles. The molecule has 0 amide bonds. The zero-order valence-corrected chi connectivity index (χ0v) is 6.67. The third-order valence-corrected chi connectivity index (χ3v) is 2.00. The lowest BCUT2D eigenvalue weighted by atomic mass is 10.00. The van der Waals surface area contributed by atoms with Crippen molar-refractivity contribution in [2.24, 2.45) is 5.92 Å². The van der Waals surface area contributed by atoms with Crippen LogP contribution in [0.1, 0.15) is 6.92 Å². The first-order valence-electron chi connectivity index (χ1n) is 3.75. The lowest BCUT2D eigenvalue weighted by Gasteiger charge is -2.18. The number of esters is 1. The van der Waals surface area contributed by atoms with E-state index in [9.17, 15) is 9.90 Å². The fourth-order valence-electron chi connectivity index (χ4n) is 1.15. The molecule has 70 valence electrons. The minimum Gasteiger partial charge on any atom is -0.457 e. The van der Waals surface area contributed by atoms with Gasteiger partial charge in [-0.3, -0.25) is 0 Å². The van der Waals surface area contributed by atoms with E-state index in [4.69, 9.17) is 10.2 Å². The van der Waals surface area contributed by atoms with E-state index in [0.29, 0.717) is 0 Å². The van der Waals surface area contributed by atoms with Crippen LogP contribution in [0.15, 0.2) is 0 Å². The number of aliphatic hydroxyl groups excluding tert-OH is 3. The van der Waals surface area contributed by atoms with Crippen LogP contribution in [0.3, 0.4) is 0 Å². The highest BCUT2D eigenvalue weighted by molar-refractivity contribution is 5.77. The highest BCUT2D eigenvalue weighted by atomic mass is 16.6. The molecule has 5 nitrogen and oxygen atoms in total. The molecule has 0 aromatic heterocycles. The Bertz CT molecular complexity index is 181.